The van der Waals surface area contributed by atoms with Crippen LogP contribution >= 0.6 is 0 Å². The summed E-state index contributed by atoms with van der Waals surface area (Å²) in [7, 11) is 0. The molecule has 3 rings (SSSR count). The number of ether oxygens (including phenoxy) is 1. The molecule has 1 unspecified atom stereocenters. The minimum atomic E-state index is -1.03. The summed E-state index contributed by atoms with van der Waals surface area (Å²) in [6.07, 6.45) is -1.09. The van der Waals surface area contributed by atoms with Crippen molar-refractivity contribution in [1.82, 2.24) is 10.2 Å². The van der Waals surface area contributed by atoms with Gasteiger partial charge in [0.1, 0.15) is 6.17 Å². The predicted molar refractivity (Wildman–Crippen MR) is 96.5 cm³/mol. The lowest BCUT2D eigenvalue weighted by Gasteiger charge is -2.43. The monoisotopic (exact) mass is 363 g/mol. The lowest BCUT2D eigenvalue weighted by Crippen LogP contribution is -2.57. The quantitative estimate of drug-likeness (QED) is 0.797. The van der Waals surface area contributed by atoms with E-state index in [0.717, 1.165) is 5.56 Å². The molecule has 142 valence electrons. The molecule has 0 bridgehead atoms. The number of nitrogens with two attached hydrogens (primary N) is 1. The van der Waals surface area contributed by atoms with Crippen molar-refractivity contribution in [3.05, 3.63) is 29.3 Å². The summed E-state index contributed by atoms with van der Waals surface area (Å²) in [5.74, 6) is -0.966. The Morgan fingerprint density at radius 3 is 2.77 bits per heavy atom. The molecular formula is C19H26FN3O3. The van der Waals surface area contributed by atoms with Crippen molar-refractivity contribution in [3.8, 4) is 0 Å². The van der Waals surface area contributed by atoms with Crippen molar-refractivity contribution < 1.29 is 18.7 Å². The fourth-order valence-corrected chi connectivity index (χ4v) is 3.36. The van der Waals surface area contributed by atoms with Gasteiger partial charge in [-0.25, -0.2) is 4.39 Å². The number of carbonyl (C=O) groups excluding carboxylic acids is 2. The van der Waals surface area contributed by atoms with Gasteiger partial charge in [-0.1, -0.05) is 11.6 Å². The van der Waals surface area contributed by atoms with Crippen molar-refractivity contribution in [1.29, 1.82) is 0 Å². The number of halogens is 1. The average molecular weight is 363 g/mol. The molecule has 3 atom stereocenters. The van der Waals surface area contributed by atoms with Crippen LogP contribution in [0.5, 0.6) is 0 Å². The average Bonchev–Trinajstić information content (AvgIpc) is 3.29. The summed E-state index contributed by atoms with van der Waals surface area (Å²) >= 11 is 0. The lowest BCUT2D eigenvalue weighted by molar-refractivity contribution is -0.133. The van der Waals surface area contributed by atoms with Crippen LogP contribution in [0.25, 0.3) is 0 Å². The molecule has 1 aromatic rings. The maximum atomic E-state index is 13.0. The molecule has 2 aliphatic rings. The van der Waals surface area contributed by atoms with E-state index in [1.165, 1.54) is 0 Å². The van der Waals surface area contributed by atoms with Gasteiger partial charge < -0.3 is 20.7 Å². The second-order valence-corrected chi connectivity index (χ2v) is 7.88. The molecule has 7 heteroatoms. The first-order valence-electron chi connectivity index (χ1n) is 8.91. The van der Waals surface area contributed by atoms with E-state index in [-0.39, 0.29) is 24.5 Å². The molecule has 6 nitrogen and oxygen atoms in total. The van der Waals surface area contributed by atoms with E-state index in [9.17, 15) is 14.0 Å². The first kappa shape index (κ1) is 18.6. The van der Waals surface area contributed by atoms with Gasteiger partial charge in [-0.3, -0.25) is 9.59 Å². The number of morpholine rings is 1. The highest BCUT2D eigenvalue weighted by atomic mass is 19.1. The third-order valence-electron chi connectivity index (χ3n) is 4.76. The van der Waals surface area contributed by atoms with Gasteiger partial charge in [0.2, 0.25) is 5.91 Å². The second kappa shape index (κ2) is 6.87. The number of hydrogen-bond acceptors (Lipinski definition) is 4. The Kier molecular flexibility index (Phi) is 4.92. The first-order chi connectivity index (χ1) is 12.2. The van der Waals surface area contributed by atoms with E-state index in [1.54, 1.807) is 17.0 Å². The van der Waals surface area contributed by atoms with E-state index in [1.807, 2.05) is 26.8 Å². The maximum Gasteiger partial charge on any atom is 0.256 e. The van der Waals surface area contributed by atoms with Gasteiger partial charge in [-0.05, 0) is 39.3 Å². The Balaban J connectivity index is 1.68. The zero-order valence-electron chi connectivity index (χ0n) is 15.4. The molecule has 0 spiro atoms. The van der Waals surface area contributed by atoms with Crippen LogP contribution in [0.1, 0.15) is 36.2 Å². The van der Waals surface area contributed by atoms with Gasteiger partial charge in [0.05, 0.1) is 23.2 Å². The highest BCUT2D eigenvalue weighted by Crippen LogP contribution is 2.33. The molecule has 1 aromatic carbocycles. The van der Waals surface area contributed by atoms with Gasteiger partial charge in [0.25, 0.3) is 5.91 Å². The zero-order chi connectivity index (χ0) is 19.1. The van der Waals surface area contributed by atoms with Crippen LogP contribution in [-0.4, -0.2) is 54.2 Å². The summed E-state index contributed by atoms with van der Waals surface area (Å²) in [6.45, 7) is 6.74. The molecule has 1 aliphatic heterocycles. The largest absolute Gasteiger partial charge is 0.398 e. The minimum absolute atomic E-state index is 0.148. The Bertz CT molecular complexity index is 722. The van der Waals surface area contributed by atoms with Gasteiger partial charge in [0, 0.05) is 25.3 Å². The maximum absolute atomic E-state index is 13.0. The summed E-state index contributed by atoms with van der Waals surface area (Å²) in [5.41, 5.74) is 7.31. The van der Waals surface area contributed by atoms with Crippen molar-refractivity contribution >= 4 is 17.5 Å². The summed E-state index contributed by atoms with van der Waals surface area (Å²) in [4.78, 5) is 26.5. The molecule has 2 fully saturated rings. The fraction of sp³-hybridized carbons (Fsp3) is 0.579. The highest BCUT2D eigenvalue weighted by Gasteiger charge is 2.44. The van der Waals surface area contributed by atoms with E-state index in [4.69, 9.17) is 10.5 Å². The number of anilines is 1. The summed E-state index contributed by atoms with van der Waals surface area (Å²) in [5, 5.41) is 2.74. The Labute approximate surface area is 152 Å². The van der Waals surface area contributed by atoms with Gasteiger partial charge >= 0.3 is 0 Å². The summed E-state index contributed by atoms with van der Waals surface area (Å²) in [6, 6.07) is 5.38. The SMILES string of the molecule is Cc1ccc(N)c(C(=O)N2CC(CNC(=O)[C@@H]3C[C@@H]3F)OC(C)(C)C2)c1. The smallest absolute Gasteiger partial charge is 0.256 e. The zero-order valence-corrected chi connectivity index (χ0v) is 15.4. The van der Waals surface area contributed by atoms with Crippen molar-refractivity contribution in [2.45, 2.75) is 45.1 Å². The molecule has 2 amide bonds. The van der Waals surface area contributed by atoms with Crippen LogP contribution in [0.15, 0.2) is 18.2 Å². The molecule has 0 aromatic heterocycles. The number of benzene rings is 1. The van der Waals surface area contributed by atoms with E-state index in [2.05, 4.69) is 5.32 Å². The standard InChI is InChI=1S/C19H26FN3O3/c1-11-4-5-16(21)14(6-11)18(25)23-9-12(26-19(2,3)10-23)8-22-17(24)13-7-15(13)20/h4-6,12-13,15H,7-10,21H2,1-3H3,(H,22,24)/t12?,13-,15+/m1/s1. The molecule has 0 radical (unpaired) electrons. The fourth-order valence-electron chi connectivity index (χ4n) is 3.36. The van der Waals surface area contributed by atoms with Crippen LogP contribution in [0.3, 0.4) is 0 Å². The summed E-state index contributed by atoms with van der Waals surface area (Å²) < 4.78 is 19.0. The molecule has 3 N–H and O–H groups in total. The van der Waals surface area contributed by atoms with Gasteiger partial charge in [0.15, 0.2) is 0 Å². The molecule has 1 aliphatic carbocycles. The Morgan fingerprint density at radius 2 is 2.12 bits per heavy atom. The predicted octanol–water partition coefficient (Wildman–Crippen LogP) is 1.67. The third-order valence-corrected chi connectivity index (χ3v) is 4.76. The number of nitrogens with zero attached hydrogens (tertiary/aromatic N) is 1. The Morgan fingerprint density at radius 1 is 1.42 bits per heavy atom. The van der Waals surface area contributed by atoms with Gasteiger partial charge in [-0.2, -0.15) is 0 Å². The number of aryl methyl sites for hydroxylation is 1. The molecular weight excluding hydrogens is 337 g/mol. The van der Waals surface area contributed by atoms with Crippen LogP contribution in [-0.2, 0) is 9.53 Å². The number of nitrogens with one attached hydrogen (secondary N) is 1. The van der Waals surface area contributed by atoms with E-state index in [0.29, 0.717) is 30.8 Å². The van der Waals surface area contributed by atoms with E-state index >= 15 is 0 Å². The third kappa shape index (κ3) is 4.15. The normalized spacial score (nSPS) is 27.1. The highest BCUT2D eigenvalue weighted by molar-refractivity contribution is 5.99. The molecule has 1 heterocycles. The lowest BCUT2D eigenvalue weighted by atomic mass is 10.0. The van der Waals surface area contributed by atoms with Crippen LogP contribution in [0.2, 0.25) is 0 Å². The van der Waals surface area contributed by atoms with Crippen LogP contribution in [0.4, 0.5) is 10.1 Å². The molecule has 1 saturated carbocycles. The number of hydrogen-bond donors (Lipinski definition) is 2. The molecule has 26 heavy (non-hydrogen) atoms. The number of alkyl halides is 1. The molecule has 1 saturated heterocycles. The first-order valence-corrected chi connectivity index (χ1v) is 8.91. The number of rotatable bonds is 4. The van der Waals surface area contributed by atoms with Crippen molar-refractivity contribution in [2.75, 3.05) is 25.4 Å². The minimum Gasteiger partial charge on any atom is -0.398 e. The Hall–Kier alpha value is -2.15. The van der Waals surface area contributed by atoms with Crippen LogP contribution in [0, 0.1) is 12.8 Å². The van der Waals surface area contributed by atoms with Gasteiger partial charge in [-0.15, -0.1) is 0 Å². The van der Waals surface area contributed by atoms with Crippen LogP contribution < -0.4 is 11.1 Å². The number of amides is 2. The number of carbonyl (C=O) groups is 2. The number of nitrogen functional groups attached to an aromatic ring is 1. The van der Waals surface area contributed by atoms with E-state index < -0.39 is 17.7 Å². The van der Waals surface area contributed by atoms with Crippen molar-refractivity contribution in [3.63, 3.8) is 0 Å². The topological polar surface area (TPSA) is 84.7 Å². The second-order valence-electron chi connectivity index (χ2n) is 7.88. The van der Waals surface area contributed by atoms with Crippen molar-refractivity contribution in [2.24, 2.45) is 5.92 Å².